The molecule has 0 bridgehead atoms. The zero-order chi connectivity index (χ0) is 56.3. The second-order valence-corrected chi connectivity index (χ2v) is 23.2. The lowest BCUT2D eigenvalue weighted by Crippen LogP contribution is -2.46. The summed E-state index contributed by atoms with van der Waals surface area (Å²) in [4.78, 5) is 23.4. The molecule has 0 aliphatic rings. The average Bonchev–Trinajstić information content (AvgIpc) is 3.39. The average molecular weight is 1090 g/mol. The number of unbranched alkanes of at least 4 members (excludes halogenated alkanes) is 20. The monoisotopic (exact) mass is 1090 g/mol. The molecule has 9 heteroatoms. The number of aliphatic hydroxyl groups excluding tert-OH is 1. The first-order valence-corrected chi connectivity index (χ1v) is 32.5. The number of quaternary nitrogens is 1. The number of hydrogen-bond acceptors (Lipinski definition) is 5. The van der Waals surface area contributed by atoms with E-state index < -0.39 is 20.0 Å². The Morgan fingerprint density at radius 1 is 0.455 bits per heavy atom. The molecule has 0 aromatic carbocycles. The molecule has 440 valence electrons. The van der Waals surface area contributed by atoms with Crippen LogP contribution in [0.5, 0.6) is 0 Å². The van der Waals surface area contributed by atoms with Gasteiger partial charge in [0.25, 0.3) is 0 Å². The van der Waals surface area contributed by atoms with Crippen LogP contribution in [-0.2, 0) is 18.4 Å². The van der Waals surface area contributed by atoms with Crippen molar-refractivity contribution in [3.05, 3.63) is 134 Å². The molecule has 0 aromatic rings. The molecule has 77 heavy (non-hydrogen) atoms. The van der Waals surface area contributed by atoms with Gasteiger partial charge >= 0.3 is 7.82 Å². The smallest absolute Gasteiger partial charge is 0.391 e. The van der Waals surface area contributed by atoms with E-state index in [1.165, 1.54) is 96.3 Å². The largest absolute Gasteiger partial charge is 0.472 e. The number of rotatable bonds is 55. The molecule has 0 saturated carbocycles. The van der Waals surface area contributed by atoms with E-state index in [1.54, 1.807) is 0 Å². The standard InChI is InChI=1S/C68H117N2O6P/c1-6-8-10-12-14-16-18-20-22-24-26-27-28-29-30-31-32-33-34-35-36-37-38-39-40-41-42-43-44-46-48-50-52-54-56-58-60-62-68(72)69-66(65-76-77(73,74)75-64-63-70(3,4)5)67(71)61-59-57-55-53-51-49-47-45-25-23-21-19-17-15-13-11-9-7-2/h8,10,14,16,20,22,26-27,29-30,32-33,35-36,38-39,41-42,44,46,50,52,66-67,71H,6-7,9,11-13,15,17-19,21,23-25,28,31,34,37,40,43,45,47-49,51,53-65H2,1-5H3,(H-,69,72,73,74)/p+1/b10-8-,16-14-,22-20-,27-26-,30-29-,33-32-,36-35-,39-38-,42-41-,46-44-,52-50-. The summed E-state index contributed by atoms with van der Waals surface area (Å²) < 4.78 is 23.8. The van der Waals surface area contributed by atoms with Gasteiger partial charge in [-0.25, -0.2) is 4.57 Å². The molecule has 3 unspecified atom stereocenters. The number of likely N-dealkylation sites (N-methyl/N-ethyl adjacent to an activating group) is 1. The fourth-order valence-electron chi connectivity index (χ4n) is 8.35. The normalized spacial score (nSPS) is 14.7. The first kappa shape index (κ1) is 73.6. The van der Waals surface area contributed by atoms with Gasteiger partial charge in [-0.3, -0.25) is 13.8 Å². The predicted molar refractivity (Wildman–Crippen MR) is 336 cm³/mol. The number of amides is 1. The van der Waals surface area contributed by atoms with Gasteiger partial charge in [-0.1, -0.05) is 270 Å². The van der Waals surface area contributed by atoms with Crippen molar-refractivity contribution in [1.82, 2.24) is 5.32 Å². The number of allylic oxidation sites excluding steroid dienone is 22. The maximum atomic E-state index is 13.0. The van der Waals surface area contributed by atoms with Crippen LogP contribution in [0.2, 0.25) is 0 Å². The Morgan fingerprint density at radius 2 is 0.779 bits per heavy atom. The number of nitrogens with one attached hydrogen (secondary N) is 1. The summed E-state index contributed by atoms with van der Waals surface area (Å²) in [7, 11) is 1.58. The minimum atomic E-state index is -4.34. The third kappa shape index (κ3) is 60.1. The Kier molecular flexibility index (Phi) is 54.8. The first-order valence-electron chi connectivity index (χ1n) is 31.0. The van der Waals surface area contributed by atoms with E-state index in [4.69, 9.17) is 9.05 Å². The molecule has 0 aliphatic carbocycles. The van der Waals surface area contributed by atoms with Gasteiger partial charge in [-0.05, 0) is 96.3 Å². The Labute approximate surface area is 475 Å². The Morgan fingerprint density at radius 3 is 1.13 bits per heavy atom. The van der Waals surface area contributed by atoms with Crippen molar-refractivity contribution in [3.63, 3.8) is 0 Å². The molecule has 3 N–H and O–H groups in total. The van der Waals surface area contributed by atoms with Gasteiger partial charge in [-0.2, -0.15) is 0 Å². The minimum absolute atomic E-state index is 0.0610. The van der Waals surface area contributed by atoms with Crippen molar-refractivity contribution in [3.8, 4) is 0 Å². The molecule has 0 fully saturated rings. The number of hydrogen-bond donors (Lipinski definition) is 3. The highest BCUT2D eigenvalue weighted by molar-refractivity contribution is 7.47. The maximum Gasteiger partial charge on any atom is 0.472 e. The Hall–Kier alpha value is -3.36. The van der Waals surface area contributed by atoms with Crippen LogP contribution in [0, 0.1) is 0 Å². The van der Waals surface area contributed by atoms with Gasteiger partial charge < -0.3 is 19.8 Å². The minimum Gasteiger partial charge on any atom is -0.391 e. The Balaban J connectivity index is 4.24. The molecule has 0 saturated heterocycles. The number of aliphatic hydroxyl groups is 1. The second-order valence-electron chi connectivity index (χ2n) is 21.7. The van der Waals surface area contributed by atoms with Gasteiger partial charge in [0, 0.05) is 6.42 Å². The second kappa shape index (κ2) is 57.3. The number of phosphoric ester groups is 1. The molecule has 0 radical (unpaired) electrons. The third-order valence-electron chi connectivity index (χ3n) is 13.2. The van der Waals surface area contributed by atoms with E-state index in [2.05, 4.69) is 153 Å². The first-order chi connectivity index (χ1) is 37.5. The maximum absolute atomic E-state index is 13.0. The fraction of sp³-hybridized carbons (Fsp3) is 0.662. The van der Waals surface area contributed by atoms with Crippen molar-refractivity contribution in [2.24, 2.45) is 0 Å². The van der Waals surface area contributed by atoms with Crippen molar-refractivity contribution < 1.29 is 32.9 Å². The van der Waals surface area contributed by atoms with Crippen LogP contribution in [0.4, 0.5) is 0 Å². The van der Waals surface area contributed by atoms with Gasteiger partial charge in [-0.15, -0.1) is 0 Å². The lowest BCUT2D eigenvalue weighted by atomic mass is 10.0. The summed E-state index contributed by atoms with van der Waals surface area (Å²) in [5, 5.41) is 14.1. The Bertz CT molecular complexity index is 1710. The van der Waals surface area contributed by atoms with Crippen LogP contribution in [-0.4, -0.2) is 73.4 Å². The van der Waals surface area contributed by atoms with Gasteiger partial charge in [0.15, 0.2) is 0 Å². The van der Waals surface area contributed by atoms with E-state index in [9.17, 15) is 19.4 Å². The van der Waals surface area contributed by atoms with Crippen molar-refractivity contribution in [1.29, 1.82) is 0 Å². The van der Waals surface area contributed by atoms with Crippen molar-refractivity contribution in [2.75, 3.05) is 40.9 Å². The van der Waals surface area contributed by atoms with Crippen LogP contribution < -0.4 is 5.32 Å². The molecular weight excluding hydrogens is 972 g/mol. The SMILES string of the molecule is CC/C=C\C/C=C\C/C=C\C/C=C\C/C=C\C/C=C\C/C=C\C/C=C\C/C=C\C/C=C\C/C=C\CCCCCC(=O)NC(COP(=O)(O)OCC[N+](C)(C)C)C(O)CCCCCCCCCCCCCCCCCCCC. The quantitative estimate of drug-likeness (QED) is 0.0243. The number of phosphoric acid groups is 1. The van der Waals surface area contributed by atoms with Crippen LogP contribution >= 0.6 is 7.82 Å². The predicted octanol–water partition coefficient (Wildman–Crippen LogP) is 19.5. The molecular formula is C68H118N2O6P+. The van der Waals surface area contributed by atoms with Crippen LogP contribution in [0.15, 0.2) is 134 Å². The third-order valence-corrected chi connectivity index (χ3v) is 14.1. The number of carbonyl (C=O) groups excluding carboxylic acids is 1. The number of nitrogens with zero attached hydrogens (tertiary/aromatic N) is 1. The zero-order valence-corrected chi connectivity index (χ0v) is 51.0. The van der Waals surface area contributed by atoms with Gasteiger partial charge in [0.1, 0.15) is 13.2 Å². The summed E-state index contributed by atoms with van der Waals surface area (Å²) in [6.45, 7) is 4.75. The topological polar surface area (TPSA) is 105 Å². The van der Waals surface area contributed by atoms with Crippen molar-refractivity contribution in [2.45, 2.75) is 251 Å². The van der Waals surface area contributed by atoms with E-state index in [1.807, 2.05) is 21.1 Å². The molecule has 1 amide bonds. The summed E-state index contributed by atoms with van der Waals surface area (Å²) >= 11 is 0. The molecule has 0 rings (SSSR count). The molecule has 8 nitrogen and oxygen atoms in total. The van der Waals surface area contributed by atoms with E-state index in [0.29, 0.717) is 23.9 Å². The lowest BCUT2D eigenvalue weighted by molar-refractivity contribution is -0.870. The molecule has 3 atom stereocenters. The van der Waals surface area contributed by atoms with Gasteiger partial charge in [0.2, 0.25) is 5.91 Å². The van der Waals surface area contributed by atoms with E-state index in [-0.39, 0.29) is 19.1 Å². The van der Waals surface area contributed by atoms with Crippen molar-refractivity contribution >= 4 is 13.7 Å². The van der Waals surface area contributed by atoms with E-state index in [0.717, 1.165) is 116 Å². The highest BCUT2D eigenvalue weighted by atomic mass is 31.2. The molecule has 0 spiro atoms. The molecule has 0 aromatic heterocycles. The van der Waals surface area contributed by atoms with E-state index >= 15 is 0 Å². The van der Waals surface area contributed by atoms with Crippen LogP contribution in [0.25, 0.3) is 0 Å². The number of carbonyl (C=O) groups is 1. The highest BCUT2D eigenvalue weighted by Crippen LogP contribution is 2.43. The fourth-order valence-corrected chi connectivity index (χ4v) is 9.08. The highest BCUT2D eigenvalue weighted by Gasteiger charge is 2.28. The summed E-state index contributed by atoms with van der Waals surface area (Å²) in [5.41, 5.74) is 0. The van der Waals surface area contributed by atoms with Gasteiger partial charge in [0.05, 0.1) is 39.9 Å². The molecule has 0 heterocycles. The van der Waals surface area contributed by atoms with Crippen LogP contribution in [0.1, 0.15) is 239 Å². The molecule has 0 aliphatic heterocycles. The summed E-state index contributed by atoms with van der Waals surface area (Å²) in [6, 6.07) is -0.789. The summed E-state index contributed by atoms with van der Waals surface area (Å²) in [6.07, 6.45) is 86.6. The summed E-state index contributed by atoms with van der Waals surface area (Å²) in [5.74, 6) is -0.180. The lowest BCUT2D eigenvalue weighted by Gasteiger charge is -2.26. The zero-order valence-electron chi connectivity index (χ0n) is 50.1. The van der Waals surface area contributed by atoms with Crippen LogP contribution in [0.3, 0.4) is 0 Å².